The van der Waals surface area contributed by atoms with E-state index < -0.39 is 47.4 Å². The third kappa shape index (κ3) is 3.43. The van der Waals surface area contributed by atoms with E-state index in [1.54, 1.807) is 6.07 Å². The van der Waals surface area contributed by atoms with Crippen molar-refractivity contribution in [3.05, 3.63) is 46.1 Å². The highest BCUT2D eigenvalue weighted by molar-refractivity contribution is 5.88. The largest absolute Gasteiger partial charge is 0.507 e. The predicted molar refractivity (Wildman–Crippen MR) is 111 cm³/mol. The number of ether oxygens (including phenoxy) is 2. The van der Waals surface area contributed by atoms with Gasteiger partial charge >= 0.3 is 0 Å². The summed E-state index contributed by atoms with van der Waals surface area (Å²) in [6, 6.07) is 6.55. The molecule has 0 bridgehead atoms. The maximum atomic E-state index is 12.8. The fourth-order valence-electron chi connectivity index (χ4n) is 3.86. The Hall–Kier alpha value is -3.31. The molecule has 2 aromatic carbocycles. The summed E-state index contributed by atoms with van der Waals surface area (Å²) in [4.78, 5) is 12.8. The minimum Gasteiger partial charge on any atom is -0.507 e. The molecule has 1 saturated heterocycles. The van der Waals surface area contributed by atoms with Crippen LogP contribution in [0.15, 0.2) is 39.5 Å². The van der Waals surface area contributed by atoms with E-state index in [4.69, 9.17) is 13.9 Å². The first-order valence-electron chi connectivity index (χ1n) is 9.73. The smallest absolute Gasteiger partial charge is 0.197 e. The third-order valence-electron chi connectivity index (χ3n) is 5.61. The van der Waals surface area contributed by atoms with E-state index in [0.29, 0.717) is 5.56 Å². The van der Waals surface area contributed by atoms with Crippen molar-refractivity contribution in [1.29, 1.82) is 0 Å². The molecule has 32 heavy (non-hydrogen) atoms. The lowest BCUT2D eigenvalue weighted by atomic mass is 9.90. The number of aliphatic hydroxyl groups excluding tert-OH is 3. The van der Waals surface area contributed by atoms with Crippen molar-refractivity contribution in [3.63, 3.8) is 0 Å². The normalized spacial score (nSPS) is 25.7. The molecule has 3 aromatic rings. The quantitative estimate of drug-likeness (QED) is 0.343. The Labute approximate surface area is 181 Å². The Morgan fingerprint density at radius 3 is 2.31 bits per heavy atom. The van der Waals surface area contributed by atoms with Crippen molar-refractivity contribution in [3.8, 4) is 34.3 Å². The van der Waals surface area contributed by atoms with E-state index in [-0.39, 0.29) is 33.8 Å². The van der Waals surface area contributed by atoms with Crippen LogP contribution in [0.5, 0.6) is 23.0 Å². The standard InChI is InChI=1S/C22H22O10/c1-8-18(26)20(28)21(29)22(31-8)17-12(25)7-15-16(19(17)27)11(24)6-14(32-15)9-3-4-13(30-2)10(23)5-9/h3-8,18,20-23,25-29H,1-2H3/t8-,18-,20+,21+,22-/m0/s1. The number of methoxy groups -OCH3 is 1. The van der Waals surface area contributed by atoms with Crippen LogP contribution in [0.4, 0.5) is 0 Å². The van der Waals surface area contributed by atoms with E-state index in [1.165, 1.54) is 26.2 Å². The first-order chi connectivity index (χ1) is 15.1. The van der Waals surface area contributed by atoms with Crippen molar-refractivity contribution in [1.82, 2.24) is 0 Å². The van der Waals surface area contributed by atoms with Gasteiger partial charge in [-0.15, -0.1) is 0 Å². The number of aromatic hydroxyl groups is 3. The monoisotopic (exact) mass is 446 g/mol. The zero-order valence-corrected chi connectivity index (χ0v) is 17.1. The van der Waals surface area contributed by atoms with Crippen LogP contribution < -0.4 is 10.2 Å². The molecule has 1 fully saturated rings. The summed E-state index contributed by atoms with van der Waals surface area (Å²) in [7, 11) is 1.39. The number of rotatable bonds is 3. The Bertz CT molecular complexity index is 1230. The minimum absolute atomic E-state index is 0.0631. The Kier molecular flexibility index (Phi) is 5.47. The van der Waals surface area contributed by atoms with Gasteiger partial charge in [0.1, 0.15) is 52.6 Å². The molecule has 2 heterocycles. The van der Waals surface area contributed by atoms with Crippen LogP contribution in [0.25, 0.3) is 22.3 Å². The van der Waals surface area contributed by atoms with Crippen LogP contribution in [0.3, 0.4) is 0 Å². The van der Waals surface area contributed by atoms with Gasteiger partial charge in [-0.2, -0.15) is 0 Å². The van der Waals surface area contributed by atoms with Crippen molar-refractivity contribution < 1.29 is 44.5 Å². The number of phenols is 3. The van der Waals surface area contributed by atoms with E-state index >= 15 is 0 Å². The number of hydrogen-bond acceptors (Lipinski definition) is 10. The van der Waals surface area contributed by atoms with Crippen LogP contribution in [-0.2, 0) is 4.74 Å². The van der Waals surface area contributed by atoms with E-state index in [0.717, 1.165) is 12.1 Å². The van der Waals surface area contributed by atoms with Gasteiger partial charge in [-0.25, -0.2) is 0 Å². The van der Waals surface area contributed by atoms with Crippen LogP contribution in [0, 0.1) is 0 Å². The Balaban J connectivity index is 1.85. The average molecular weight is 446 g/mol. The molecular formula is C22H22O10. The molecule has 0 amide bonds. The Morgan fingerprint density at radius 1 is 0.938 bits per heavy atom. The average Bonchev–Trinajstić information content (AvgIpc) is 2.75. The summed E-state index contributed by atoms with van der Waals surface area (Å²) in [5, 5.41) is 61.3. The van der Waals surface area contributed by atoms with E-state index in [1.807, 2.05) is 0 Å². The zero-order valence-electron chi connectivity index (χ0n) is 17.1. The number of aliphatic hydroxyl groups is 3. The molecule has 170 valence electrons. The number of hydrogen-bond donors (Lipinski definition) is 6. The summed E-state index contributed by atoms with van der Waals surface area (Å²) in [5.74, 6) is -1.12. The second-order valence-electron chi connectivity index (χ2n) is 7.63. The SMILES string of the molecule is COc1ccc(-c2cc(=O)c3c(O)c([C@@H]4O[C@@H](C)[C@H](O)[C@@H](O)[C@H]4O)c(O)cc3o2)cc1O. The van der Waals surface area contributed by atoms with Crippen LogP contribution in [0.2, 0.25) is 0 Å². The molecule has 4 rings (SSSR count). The molecule has 1 aliphatic heterocycles. The zero-order chi connectivity index (χ0) is 23.3. The van der Waals surface area contributed by atoms with Crippen molar-refractivity contribution in [2.45, 2.75) is 37.4 Å². The second-order valence-corrected chi connectivity index (χ2v) is 7.63. The molecule has 0 radical (unpaired) electrons. The molecule has 0 spiro atoms. The summed E-state index contributed by atoms with van der Waals surface area (Å²) in [5.41, 5.74) is -0.776. The lowest BCUT2D eigenvalue weighted by Crippen LogP contribution is -2.53. The highest BCUT2D eigenvalue weighted by Gasteiger charge is 2.44. The highest BCUT2D eigenvalue weighted by atomic mass is 16.5. The Morgan fingerprint density at radius 2 is 1.66 bits per heavy atom. The molecule has 1 aromatic heterocycles. The molecule has 5 atom stereocenters. The maximum Gasteiger partial charge on any atom is 0.197 e. The van der Waals surface area contributed by atoms with Crippen LogP contribution in [-0.4, -0.2) is 62.2 Å². The molecule has 6 N–H and O–H groups in total. The highest BCUT2D eigenvalue weighted by Crippen LogP contribution is 2.44. The van der Waals surface area contributed by atoms with Crippen molar-refractivity contribution >= 4 is 11.0 Å². The first-order valence-corrected chi connectivity index (χ1v) is 9.73. The minimum atomic E-state index is -1.68. The third-order valence-corrected chi connectivity index (χ3v) is 5.61. The van der Waals surface area contributed by atoms with E-state index in [9.17, 15) is 35.4 Å². The van der Waals surface area contributed by atoms with Gasteiger partial charge in [0.2, 0.25) is 0 Å². The fraction of sp³-hybridized carbons (Fsp3) is 0.318. The van der Waals surface area contributed by atoms with Crippen LogP contribution >= 0.6 is 0 Å². The summed E-state index contributed by atoms with van der Waals surface area (Å²) >= 11 is 0. The molecule has 10 nitrogen and oxygen atoms in total. The number of fused-ring (bicyclic) bond motifs is 1. The van der Waals surface area contributed by atoms with Gasteiger partial charge in [0.05, 0.1) is 18.8 Å². The van der Waals surface area contributed by atoms with Crippen LogP contribution in [0.1, 0.15) is 18.6 Å². The molecular weight excluding hydrogens is 424 g/mol. The molecule has 1 aliphatic rings. The molecule has 0 unspecified atom stereocenters. The lowest BCUT2D eigenvalue weighted by Gasteiger charge is -2.39. The predicted octanol–water partition coefficient (Wildman–Crippen LogP) is 1.13. The summed E-state index contributed by atoms with van der Waals surface area (Å²) in [6.07, 6.45) is -6.98. The second kappa shape index (κ2) is 7.99. The molecule has 0 aliphatic carbocycles. The van der Waals surface area contributed by atoms with Gasteiger partial charge in [-0.1, -0.05) is 0 Å². The van der Waals surface area contributed by atoms with Gasteiger partial charge in [-0.05, 0) is 25.1 Å². The number of phenolic OH excluding ortho intramolecular Hbond substituents is 3. The van der Waals surface area contributed by atoms with Gasteiger partial charge in [0, 0.05) is 17.7 Å². The topological polar surface area (TPSA) is 170 Å². The summed E-state index contributed by atoms with van der Waals surface area (Å²) < 4.78 is 16.2. The van der Waals surface area contributed by atoms with Gasteiger partial charge in [0.15, 0.2) is 16.9 Å². The maximum absolute atomic E-state index is 12.8. The summed E-state index contributed by atoms with van der Waals surface area (Å²) in [6.45, 7) is 1.45. The lowest BCUT2D eigenvalue weighted by molar-refractivity contribution is -0.220. The van der Waals surface area contributed by atoms with Crippen molar-refractivity contribution in [2.24, 2.45) is 0 Å². The van der Waals surface area contributed by atoms with Gasteiger partial charge in [-0.3, -0.25) is 4.79 Å². The number of benzene rings is 2. The van der Waals surface area contributed by atoms with E-state index in [2.05, 4.69) is 0 Å². The molecule has 0 saturated carbocycles. The first kappa shape index (κ1) is 21.9. The van der Waals surface area contributed by atoms with Crippen molar-refractivity contribution in [2.75, 3.05) is 7.11 Å². The van der Waals surface area contributed by atoms with Gasteiger partial charge in [0.25, 0.3) is 0 Å². The van der Waals surface area contributed by atoms with Gasteiger partial charge < -0.3 is 44.5 Å². The fourth-order valence-corrected chi connectivity index (χ4v) is 3.86. The molecule has 10 heteroatoms.